The number of carbonyl (C=O) groups is 1. The van der Waals surface area contributed by atoms with Gasteiger partial charge in [-0.2, -0.15) is 5.10 Å². The lowest BCUT2D eigenvalue weighted by atomic mass is 9.90. The van der Waals surface area contributed by atoms with Gasteiger partial charge in [-0.25, -0.2) is 9.18 Å². The standard InChI is InChI=1S/C23H28FN3O4/c1-4-17-11-12-27(14-16-5-8-19(9-6-16)25-23(28)30-3)26-22(17)18-7-10-20(29-2)21(13-18)31-15-24/h5-10,13,17H,4,11-12,14-15H2,1-3H3,(H,25,28). The van der Waals surface area contributed by atoms with Crippen LogP contribution in [0.3, 0.4) is 0 Å². The molecule has 0 aromatic heterocycles. The monoisotopic (exact) mass is 429 g/mol. The second-order valence-electron chi connectivity index (χ2n) is 7.20. The van der Waals surface area contributed by atoms with Gasteiger partial charge in [0.1, 0.15) is 0 Å². The first-order chi connectivity index (χ1) is 15.1. The second-order valence-corrected chi connectivity index (χ2v) is 7.20. The summed E-state index contributed by atoms with van der Waals surface area (Å²) in [5, 5.41) is 9.58. The van der Waals surface area contributed by atoms with Crippen LogP contribution in [0.15, 0.2) is 47.6 Å². The Morgan fingerprint density at radius 3 is 2.61 bits per heavy atom. The molecule has 2 aromatic carbocycles. The van der Waals surface area contributed by atoms with Crippen LogP contribution in [0.2, 0.25) is 0 Å². The molecule has 0 spiro atoms. The number of halogens is 1. The van der Waals surface area contributed by atoms with Crippen LogP contribution in [-0.2, 0) is 11.3 Å². The summed E-state index contributed by atoms with van der Waals surface area (Å²) in [6.45, 7) is 2.71. The molecule has 8 heteroatoms. The van der Waals surface area contributed by atoms with Crippen molar-refractivity contribution in [3.05, 3.63) is 53.6 Å². The average Bonchev–Trinajstić information content (AvgIpc) is 2.80. The minimum Gasteiger partial charge on any atom is -0.493 e. The minimum atomic E-state index is -0.920. The highest BCUT2D eigenvalue weighted by Gasteiger charge is 2.24. The maximum absolute atomic E-state index is 12.8. The molecule has 1 N–H and O–H groups in total. The number of anilines is 1. The maximum atomic E-state index is 12.8. The van der Waals surface area contributed by atoms with Gasteiger partial charge in [-0.05, 0) is 48.7 Å². The molecule has 1 atom stereocenters. The quantitative estimate of drug-likeness (QED) is 0.652. The zero-order valence-corrected chi connectivity index (χ0v) is 18.1. The summed E-state index contributed by atoms with van der Waals surface area (Å²) in [5.41, 5.74) is 3.61. The SMILES string of the molecule is CCC1CCN(Cc2ccc(NC(=O)OC)cc2)N=C1c1ccc(OC)c(OCF)c1. The maximum Gasteiger partial charge on any atom is 0.411 e. The third-order valence-corrected chi connectivity index (χ3v) is 5.28. The molecule has 7 nitrogen and oxygen atoms in total. The number of amides is 1. The number of ether oxygens (including phenoxy) is 3. The van der Waals surface area contributed by atoms with Crippen LogP contribution in [0.4, 0.5) is 14.9 Å². The minimum absolute atomic E-state index is 0.314. The van der Waals surface area contributed by atoms with E-state index < -0.39 is 13.0 Å². The van der Waals surface area contributed by atoms with E-state index in [9.17, 15) is 9.18 Å². The molecule has 1 aliphatic heterocycles. The van der Waals surface area contributed by atoms with Crippen molar-refractivity contribution in [3.8, 4) is 11.5 Å². The average molecular weight is 429 g/mol. The smallest absolute Gasteiger partial charge is 0.411 e. The predicted octanol–water partition coefficient (Wildman–Crippen LogP) is 4.82. The van der Waals surface area contributed by atoms with Gasteiger partial charge in [0.15, 0.2) is 11.5 Å². The van der Waals surface area contributed by atoms with E-state index in [2.05, 4.69) is 17.0 Å². The van der Waals surface area contributed by atoms with Crippen molar-refractivity contribution < 1.29 is 23.4 Å². The van der Waals surface area contributed by atoms with E-state index in [-0.39, 0.29) is 0 Å². The Morgan fingerprint density at radius 2 is 1.97 bits per heavy atom. The number of carbonyl (C=O) groups excluding carboxylic acids is 1. The molecule has 0 fully saturated rings. The zero-order valence-electron chi connectivity index (χ0n) is 18.1. The number of alkyl halides is 1. The molecule has 1 unspecified atom stereocenters. The van der Waals surface area contributed by atoms with E-state index in [4.69, 9.17) is 14.6 Å². The van der Waals surface area contributed by atoms with E-state index in [0.29, 0.717) is 29.6 Å². The van der Waals surface area contributed by atoms with Gasteiger partial charge < -0.3 is 14.2 Å². The molecule has 0 bridgehead atoms. The molecule has 1 aliphatic rings. The first-order valence-electron chi connectivity index (χ1n) is 10.2. The predicted molar refractivity (Wildman–Crippen MR) is 117 cm³/mol. The van der Waals surface area contributed by atoms with Crippen LogP contribution in [0.1, 0.15) is 30.9 Å². The number of nitrogens with zero attached hydrogens (tertiary/aromatic N) is 2. The van der Waals surface area contributed by atoms with Gasteiger partial charge >= 0.3 is 6.09 Å². The van der Waals surface area contributed by atoms with Crippen LogP contribution < -0.4 is 14.8 Å². The van der Waals surface area contributed by atoms with Crippen molar-refractivity contribution in [1.29, 1.82) is 0 Å². The van der Waals surface area contributed by atoms with Crippen molar-refractivity contribution in [1.82, 2.24) is 5.01 Å². The van der Waals surface area contributed by atoms with Gasteiger partial charge in [0.05, 0.1) is 26.5 Å². The van der Waals surface area contributed by atoms with E-state index in [1.807, 2.05) is 35.3 Å². The highest BCUT2D eigenvalue weighted by molar-refractivity contribution is 6.02. The first kappa shape index (κ1) is 22.4. The molecular formula is C23H28FN3O4. The van der Waals surface area contributed by atoms with E-state index in [1.54, 1.807) is 12.1 Å². The lowest BCUT2D eigenvalue weighted by Crippen LogP contribution is -2.32. The van der Waals surface area contributed by atoms with Crippen LogP contribution >= 0.6 is 0 Å². The number of methoxy groups -OCH3 is 2. The number of nitrogens with one attached hydrogen (secondary N) is 1. The molecule has 166 valence electrons. The van der Waals surface area contributed by atoms with Crippen molar-refractivity contribution in [2.45, 2.75) is 26.3 Å². The largest absolute Gasteiger partial charge is 0.493 e. The fourth-order valence-corrected chi connectivity index (χ4v) is 3.61. The summed E-state index contributed by atoms with van der Waals surface area (Å²) in [4.78, 5) is 11.3. The summed E-state index contributed by atoms with van der Waals surface area (Å²) in [5.74, 6) is 1.17. The van der Waals surface area contributed by atoms with E-state index >= 15 is 0 Å². The third-order valence-electron chi connectivity index (χ3n) is 5.28. The molecule has 0 aliphatic carbocycles. The normalized spacial score (nSPS) is 15.8. The Bertz CT molecular complexity index is 918. The summed E-state index contributed by atoms with van der Waals surface area (Å²) < 4.78 is 27.8. The Morgan fingerprint density at radius 1 is 1.19 bits per heavy atom. The van der Waals surface area contributed by atoms with E-state index in [0.717, 1.165) is 36.2 Å². The van der Waals surface area contributed by atoms with Crippen LogP contribution in [0.5, 0.6) is 11.5 Å². The van der Waals surface area contributed by atoms with Crippen molar-refractivity contribution in [3.63, 3.8) is 0 Å². The van der Waals surface area contributed by atoms with Crippen molar-refractivity contribution in [2.24, 2.45) is 11.0 Å². The van der Waals surface area contributed by atoms with Crippen LogP contribution in [0.25, 0.3) is 0 Å². The number of benzene rings is 2. The highest BCUT2D eigenvalue weighted by atomic mass is 19.1. The van der Waals surface area contributed by atoms with Crippen LogP contribution in [0, 0.1) is 5.92 Å². The van der Waals surface area contributed by atoms with Gasteiger partial charge in [-0.1, -0.05) is 19.1 Å². The van der Waals surface area contributed by atoms with Crippen molar-refractivity contribution in [2.75, 3.05) is 32.9 Å². The molecular weight excluding hydrogens is 401 g/mol. The van der Waals surface area contributed by atoms with Gasteiger partial charge in [0, 0.05) is 23.7 Å². The summed E-state index contributed by atoms with van der Waals surface area (Å²) in [6.07, 6.45) is 1.44. The number of hydrazone groups is 1. The Kier molecular flexibility index (Phi) is 7.70. The lowest BCUT2D eigenvalue weighted by Gasteiger charge is -2.31. The zero-order chi connectivity index (χ0) is 22.2. The molecule has 1 heterocycles. The van der Waals surface area contributed by atoms with Gasteiger partial charge in [-0.15, -0.1) is 0 Å². The number of rotatable bonds is 8. The molecule has 0 saturated carbocycles. The van der Waals surface area contributed by atoms with Gasteiger partial charge in [0.25, 0.3) is 0 Å². The highest BCUT2D eigenvalue weighted by Crippen LogP contribution is 2.31. The Labute approximate surface area is 181 Å². The third kappa shape index (κ3) is 5.65. The molecule has 1 amide bonds. The second kappa shape index (κ2) is 10.7. The molecule has 31 heavy (non-hydrogen) atoms. The number of hydrogen-bond acceptors (Lipinski definition) is 6. The molecule has 0 saturated heterocycles. The van der Waals surface area contributed by atoms with Gasteiger partial charge in [0.2, 0.25) is 6.86 Å². The summed E-state index contributed by atoms with van der Waals surface area (Å²) in [7, 11) is 2.86. The fraction of sp³-hybridized carbons (Fsp3) is 0.391. The number of hydrogen-bond donors (Lipinski definition) is 1. The molecule has 0 radical (unpaired) electrons. The summed E-state index contributed by atoms with van der Waals surface area (Å²) >= 11 is 0. The lowest BCUT2D eigenvalue weighted by molar-refractivity contribution is 0.184. The summed E-state index contributed by atoms with van der Waals surface area (Å²) in [6, 6.07) is 13.1. The molecule has 3 rings (SSSR count). The fourth-order valence-electron chi connectivity index (χ4n) is 3.61. The Hall–Kier alpha value is -3.29. The topological polar surface area (TPSA) is 72.4 Å². The van der Waals surface area contributed by atoms with Crippen LogP contribution in [-0.4, -0.2) is 44.4 Å². The van der Waals surface area contributed by atoms with Crippen molar-refractivity contribution >= 4 is 17.5 Å². The van der Waals surface area contributed by atoms with E-state index in [1.165, 1.54) is 14.2 Å². The van der Waals surface area contributed by atoms with Gasteiger partial charge in [-0.3, -0.25) is 10.3 Å². The Balaban J connectivity index is 1.80. The first-order valence-corrected chi connectivity index (χ1v) is 10.2. The molecule has 2 aromatic rings.